The number of hydrogen-bond acceptors (Lipinski definition) is 4. The Balaban J connectivity index is 2.43. The average Bonchev–Trinajstić information content (AvgIpc) is 2.58. The fourth-order valence-electron chi connectivity index (χ4n) is 0.735. The quantitative estimate of drug-likeness (QED) is 0.760. The molecule has 0 N–H and O–H groups in total. The van der Waals surface area contributed by atoms with Crippen molar-refractivity contribution in [2.75, 3.05) is 0 Å². The fraction of sp³-hybridized carbons (Fsp3) is 0. The molecule has 0 saturated carbocycles. The summed E-state index contributed by atoms with van der Waals surface area (Å²) in [5, 5.41) is 1.13. The van der Waals surface area contributed by atoms with Gasteiger partial charge in [-0.05, 0) is 35.3 Å². The van der Waals surface area contributed by atoms with Crippen molar-refractivity contribution in [3.63, 3.8) is 0 Å². The maximum atomic E-state index is 5.61. The van der Waals surface area contributed by atoms with Crippen LogP contribution in [0.15, 0.2) is 16.5 Å². The normalized spacial score (nSPS) is 10.5. The second-order valence-electron chi connectivity index (χ2n) is 1.97. The predicted molar refractivity (Wildman–Crippen MR) is 55.3 cm³/mol. The molecule has 0 aliphatic heterocycles. The SMILES string of the molecule is Clc1ccc(-c2nc(I)ns2)o1. The maximum Gasteiger partial charge on any atom is 0.203 e. The van der Waals surface area contributed by atoms with Gasteiger partial charge in [-0.1, -0.05) is 0 Å². The predicted octanol–water partition coefficient (Wildman–Crippen LogP) is 3.06. The molecule has 0 radical (unpaired) electrons. The first-order valence-electron chi connectivity index (χ1n) is 3.00. The molecule has 0 saturated heterocycles. The van der Waals surface area contributed by atoms with E-state index in [2.05, 4.69) is 9.36 Å². The zero-order valence-corrected chi connectivity index (χ0v) is 9.35. The summed E-state index contributed by atoms with van der Waals surface area (Å²) >= 11 is 8.95. The Morgan fingerprint density at radius 1 is 1.50 bits per heavy atom. The second kappa shape index (κ2) is 3.31. The molecule has 0 amide bonds. The average molecular weight is 313 g/mol. The van der Waals surface area contributed by atoms with Crippen molar-refractivity contribution in [3.05, 3.63) is 21.2 Å². The van der Waals surface area contributed by atoms with E-state index < -0.39 is 0 Å². The minimum atomic E-state index is 0.371. The van der Waals surface area contributed by atoms with Crippen LogP contribution in [0, 0.1) is 3.83 Å². The van der Waals surface area contributed by atoms with Gasteiger partial charge in [0.2, 0.25) is 3.83 Å². The smallest absolute Gasteiger partial charge is 0.203 e. The van der Waals surface area contributed by atoms with Crippen molar-refractivity contribution >= 4 is 45.7 Å². The van der Waals surface area contributed by atoms with E-state index in [-0.39, 0.29) is 0 Å². The van der Waals surface area contributed by atoms with E-state index in [1.165, 1.54) is 11.5 Å². The number of nitrogens with zero attached hydrogens (tertiary/aromatic N) is 2. The standard InChI is InChI=1S/C6H2ClIN2OS/c7-4-2-1-3(11-4)5-9-6(8)10-12-5/h1-2H. The van der Waals surface area contributed by atoms with E-state index in [0.717, 1.165) is 8.84 Å². The van der Waals surface area contributed by atoms with Gasteiger partial charge in [-0.2, -0.15) is 4.37 Å². The van der Waals surface area contributed by atoms with Gasteiger partial charge in [-0.3, -0.25) is 0 Å². The van der Waals surface area contributed by atoms with E-state index in [4.69, 9.17) is 16.0 Å². The Kier molecular flexibility index (Phi) is 2.33. The zero-order valence-electron chi connectivity index (χ0n) is 5.62. The highest BCUT2D eigenvalue weighted by molar-refractivity contribution is 14.1. The van der Waals surface area contributed by atoms with Crippen LogP contribution in [0.4, 0.5) is 0 Å². The second-order valence-corrected chi connectivity index (χ2v) is 4.06. The van der Waals surface area contributed by atoms with Crippen LogP contribution < -0.4 is 0 Å². The van der Waals surface area contributed by atoms with Crippen LogP contribution in [0.3, 0.4) is 0 Å². The molecule has 0 aliphatic rings. The minimum Gasteiger partial charge on any atom is -0.442 e. The van der Waals surface area contributed by atoms with Gasteiger partial charge in [0, 0.05) is 22.6 Å². The van der Waals surface area contributed by atoms with E-state index >= 15 is 0 Å². The van der Waals surface area contributed by atoms with Crippen LogP contribution in [-0.2, 0) is 0 Å². The van der Waals surface area contributed by atoms with Gasteiger partial charge in [0.05, 0.1) is 0 Å². The van der Waals surface area contributed by atoms with E-state index in [0.29, 0.717) is 11.0 Å². The van der Waals surface area contributed by atoms with E-state index in [9.17, 15) is 0 Å². The van der Waals surface area contributed by atoms with Crippen LogP contribution in [0.5, 0.6) is 0 Å². The molecule has 12 heavy (non-hydrogen) atoms. The molecule has 2 aromatic heterocycles. The third kappa shape index (κ3) is 1.62. The van der Waals surface area contributed by atoms with E-state index in [1.54, 1.807) is 12.1 Å². The topological polar surface area (TPSA) is 38.9 Å². The monoisotopic (exact) mass is 312 g/mol. The molecule has 0 atom stereocenters. The molecule has 2 aromatic rings. The van der Waals surface area contributed by atoms with Crippen LogP contribution in [0.1, 0.15) is 0 Å². The molecular formula is C6H2ClIN2OS. The van der Waals surface area contributed by atoms with Crippen molar-refractivity contribution in [1.82, 2.24) is 9.36 Å². The fourth-order valence-corrected chi connectivity index (χ4v) is 2.11. The number of furan rings is 1. The van der Waals surface area contributed by atoms with Crippen molar-refractivity contribution in [2.24, 2.45) is 0 Å². The number of halogens is 2. The summed E-state index contributed by atoms with van der Waals surface area (Å²) in [5.74, 6) is 0.667. The molecular weight excluding hydrogens is 311 g/mol. The Morgan fingerprint density at radius 3 is 2.83 bits per heavy atom. The summed E-state index contributed by atoms with van der Waals surface area (Å²) in [4.78, 5) is 4.14. The Labute approximate surface area is 91.1 Å². The summed E-state index contributed by atoms with van der Waals surface area (Å²) in [6.45, 7) is 0. The third-order valence-electron chi connectivity index (χ3n) is 1.19. The first-order chi connectivity index (χ1) is 5.75. The molecule has 0 aromatic carbocycles. The molecule has 0 aliphatic carbocycles. The van der Waals surface area contributed by atoms with Gasteiger partial charge in [0.25, 0.3) is 0 Å². The summed E-state index contributed by atoms with van der Waals surface area (Å²) < 4.78 is 9.89. The molecule has 0 spiro atoms. The Morgan fingerprint density at radius 2 is 2.33 bits per heavy atom. The largest absolute Gasteiger partial charge is 0.442 e. The molecule has 6 heteroatoms. The summed E-state index contributed by atoms with van der Waals surface area (Å²) in [7, 11) is 0. The van der Waals surface area contributed by atoms with Crippen molar-refractivity contribution < 1.29 is 4.42 Å². The van der Waals surface area contributed by atoms with Gasteiger partial charge < -0.3 is 4.42 Å². The third-order valence-corrected chi connectivity index (χ3v) is 2.93. The lowest BCUT2D eigenvalue weighted by Crippen LogP contribution is -1.72. The van der Waals surface area contributed by atoms with Gasteiger partial charge in [-0.25, -0.2) is 4.98 Å². The Hall–Kier alpha value is -0.140. The zero-order chi connectivity index (χ0) is 8.55. The molecule has 0 fully saturated rings. The summed E-state index contributed by atoms with van der Waals surface area (Å²) in [6.07, 6.45) is 0. The lowest BCUT2D eigenvalue weighted by molar-refractivity contribution is 0.584. The highest BCUT2D eigenvalue weighted by Gasteiger charge is 2.08. The maximum absolute atomic E-state index is 5.61. The number of rotatable bonds is 1. The van der Waals surface area contributed by atoms with Crippen LogP contribution >= 0.6 is 45.7 Å². The molecule has 3 nitrogen and oxygen atoms in total. The lowest BCUT2D eigenvalue weighted by Gasteiger charge is -1.83. The Bertz CT molecular complexity index is 361. The van der Waals surface area contributed by atoms with Crippen molar-refractivity contribution in [2.45, 2.75) is 0 Å². The van der Waals surface area contributed by atoms with Gasteiger partial charge >= 0.3 is 0 Å². The van der Waals surface area contributed by atoms with Gasteiger partial charge in [0.15, 0.2) is 16.0 Å². The highest BCUT2D eigenvalue weighted by Crippen LogP contribution is 2.25. The molecule has 2 rings (SSSR count). The minimum absolute atomic E-state index is 0.371. The molecule has 0 unspecified atom stereocenters. The number of hydrogen-bond donors (Lipinski definition) is 0. The summed E-state index contributed by atoms with van der Waals surface area (Å²) in [5.41, 5.74) is 0. The first-order valence-corrected chi connectivity index (χ1v) is 5.23. The van der Waals surface area contributed by atoms with Crippen molar-refractivity contribution in [3.8, 4) is 10.8 Å². The molecule has 62 valence electrons. The molecule has 0 bridgehead atoms. The lowest BCUT2D eigenvalue weighted by atomic mass is 10.5. The molecule has 2 heterocycles. The summed E-state index contributed by atoms with van der Waals surface area (Å²) in [6, 6.07) is 3.46. The van der Waals surface area contributed by atoms with Crippen LogP contribution in [0.25, 0.3) is 10.8 Å². The van der Waals surface area contributed by atoms with Crippen LogP contribution in [-0.4, -0.2) is 9.36 Å². The van der Waals surface area contributed by atoms with E-state index in [1.807, 2.05) is 22.6 Å². The van der Waals surface area contributed by atoms with Gasteiger partial charge in [0.1, 0.15) is 0 Å². The first kappa shape index (κ1) is 8.46. The number of aromatic nitrogens is 2. The van der Waals surface area contributed by atoms with Crippen molar-refractivity contribution in [1.29, 1.82) is 0 Å². The van der Waals surface area contributed by atoms with Crippen LogP contribution in [0.2, 0.25) is 5.22 Å². The van der Waals surface area contributed by atoms with Gasteiger partial charge in [-0.15, -0.1) is 0 Å². The highest BCUT2D eigenvalue weighted by atomic mass is 127.